The van der Waals surface area contributed by atoms with E-state index in [4.69, 9.17) is 10.5 Å². The van der Waals surface area contributed by atoms with E-state index in [0.29, 0.717) is 29.3 Å². The zero-order valence-corrected chi connectivity index (χ0v) is 14.5. The number of carbonyl (C=O) groups is 1. The molecule has 1 aliphatic rings. The van der Waals surface area contributed by atoms with Gasteiger partial charge < -0.3 is 15.5 Å². The number of hydrogen-bond acceptors (Lipinski definition) is 4. The van der Waals surface area contributed by atoms with Gasteiger partial charge in [0.1, 0.15) is 11.8 Å². The zero-order chi connectivity index (χ0) is 18.7. The molecule has 3 aromatic heterocycles. The number of ether oxygens (including phenoxy) is 1. The predicted octanol–water partition coefficient (Wildman–Crippen LogP) is 2.65. The lowest BCUT2D eigenvalue weighted by Gasteiger charge is -2.09. The summed E-state index contributed by atoms with van der Waals surface area (Å²) in [4.78, 5) is 18.9. The molecule has 0 bridgehead atoms. The number of nitrogens with one attached hydrogen (secondary N) is 1. The molecule has 1 amide bonds. The van der Waals surface area contributed by atoms with Crippen LogP contribution in [0, 0.1) is 18.7 Å². The molecule has 0 fully saturated rings. The van der Waals surface area contributed by atoms with Crippen molar-refractivity contribution in [2.24, 2.45) is 11.7 Å². The van der Waals surface area contributed by atoms with Crippen molar-refractivity contribution in [3.8, 4) is 11.6 Å². The van der Waals surface area contributed by atoms with E-state index in [1.54, 1.807) is 22.7 Å². The fraction of sp³-hybridized carbons (Fsp3) is 0.211. The van der Waals surface area contributed by atoms with E-state index in [0.717, 1.165) is 16.8 Å². The van der Waals surface area contributed by atoms with Crippen molar-refractivity contribution < 1.29 is 13.9 Å². The zero-order valence-electron chi connectivity index (χ0n) is 14.5. The molecule has 8 heteroatoms. The van der Waals surface area contributed by atoms with Crippen LogP contribution in [0.15, 0.2) is 30.7 Å². The maximum Gasteiger partial charge on any atom is 0.247 e. The molecule has 1 aliphatic carbocycles. The molecule has 0 radical (unpaired) electrons. The summed E-state index contributed by atoms with van der Waals surface area (Å²) in [5, 5.41) is 4.67. The lowest BCUT2D eigenvalue weighted by Crippen LogP contribution is -2.23. The lowest BCUT2D eigenvalue weighted by molar-refractivity contribution is -0.121. The van der Waals surface area contributed by atoms with Gasteiger partial charge in [-0.2, -0.15) is 10.1 Å². The number of aromatic amines is 1. The SMILES string of the molecule is Cc1cc2c(F)c(Oc3ncnn4cc5c(c34)CC(C(N)=O)C5)ccc2[nH]1. The van der Waals surface area contributed by atoms with Crippen LogP contribution in [0.3, 0.4) is 0 Å². The largest absolute Gasteiger partial charge is 0.434 e. The van der Waals surface area contributed by atoms with Gasteiger partial charge in [0, 0.05) is 28.7 Å². The van der Waals surface area contributed by atoms with Gasteiger partial charge in [-0.1, -0.05) is 0 Å². The third-order valence-corrected chi connectivity index (χ3v) is 5.10. The van der Waals surface area contributed by atoms with Gasteiger partial charge in [-0.25, -0.2) is 8.91 Å². The molecule has 3 N–H and O–H groups in total. The number of nitrogens with two attached hydrogens (primary N) is 1. The van der Waals surface area contributed by atoms with E-state index in [1.807, 2.05) is 13.1 Å². The molecule has 5 rings (SSSR count). The molecule has 1 unspecified atom stereocenters. The first-order valence-electron chi connectivity index (χ1n) is 8.60. The van der Waals surface area contributed by atoms with Crippen LogP contribution in [0.25, 0.3) is 16.4 Å². The predicted molar refractivity (Wildman–Crippen MR) is 96.1 cm³/mol. The minimum absolute atomic E-state index is 0.0847. The summed E-state index contributed by atoms with van der Waals surface area (Å²) in [7, 11) is 0. The minimum atomic E-state index is -0.452. The molecule has 27 heavy (non-hydrogen) atoms. The Labute approximate surface area is 153 Å². The summed E-state index contributed by atoms with van der Waals surface area (Å²) in [5.41, 5.74) is 9.58. The first-order chi connectivity index (χ1) is 13.0. The summed E-state index contributed by atoms with van der Waals surface area (Å²) >= 11 is 0. The number of rotatable bonds is 3. The van der Waals surface area contributed by atoms with Crippen LogP contribution in [0.2, 0.25) is 0 Å². The van der Waals surface area contributed by atoms with Crippen molar-refractivity contribution in [1.29, 1.82) is 0 Å². The normalized spacial score (nSPS) is 16.1. The van der Waals surface area contributed by atoms with Gasteiger partial charge in [0.25, 0.3) is 0 Å². The highest BCUT2D eigenvalue weighted by atomic mass is 19.1. The second-order valence-electron chi connectivity index (χ2n) is 6.89. The van der Waals surface area contributed by atoms with Gasteiger partial charge in [-0.15, -0.1) is 0 Å². The fourth-order valence-electron chi connectivity index (χ4n) is 3.83. The highest BCUT2D eigenvalue weighted by Crippen LogP contribution is 2.37. The van der Waals surface area contributed by atoms with E-state index in [9.17, 15) is 9.18 Å². The number of halogens is 1. The molecule has 0 saturated carbocycles. The highest BCUT2D eigenvalue weighted by Gasteiger charge is 2.31. The molecule has 3 heterocycles. The van der Waals surface area contributed by atoms with Crippen LogP contribution in [-0.2, 0) is 17.6 Å². The number of hydrogen-bond donors (Lipinski definition) is 2. The van der Waals surface area contributed by atoms with Crippen LogP contribution in [0.5, 0.6) is 11.6 Å². The van der Waals surface area contributed by atoms with E-state index in [1.165, 1.54) is 6.33 Å². The minimum Gasteiger partial charge on any atom is -0.434 e. The molecule has 0 aliphatic heterocycles. The van der Waals surface area contributed by atoms with Gasteiger partial charge in [0.2, 0.25) is 11.8 Å². The first-order valence-corrected chi connectivity index (χ1v) is 8.60. The van der Waals surface area contributed by atoms with Gasteiger partial charge in [-0.05, 0) is 49.1 Å². The van der Waals surface area contributed by atoms with Gasteiger partial charge in [0.15, 0.2) is 11.6 Å². The van der Waals surface area contributed by atoms with Gasteiger partial charge in [0.05, 0.1) is 0 Å². The molecular formula is C19H16FN5O2. The first kappa shape index (κ1) is 15.8. The van der Waals surface area contributed by atoms with Crippen molar-refractivity contribution in [1.82, 2.24) is 19.6 Å². The van der Waals surface area contributed by atoms with Crippen LogP contribution in [0.4, 0.5) is 4.39 Å². The number of benzene rings is 1. The number of nitrogens with zero attached hydrogens (tertiary/aromatic N) is 3. The summed E-state index contributed by atoms with van der Waals surface area (Å²) in [6.07, 6.45) is 4.27. The number of aryl methyl sites for hydroxylation is 1. The molecule has 4 aromatic rings. The molecule has 136 valence electrons. The Balaban J connectivity index is 1.60. The van der Waals surface area contributed by atoms with E-state index in [2.05, 4.69) is 15.1 Å². The fourth-order valence-corrected chi connectivity index (χ4v) is 3.83. The number of aromatic nitrogens is 4. The average molecular weight is 365 g/mol. The molecular weight excluding hydrogens is 349 g/mol. The monoisotopic (exact) mass is 365 g/mol. The third kappa shape index (κ3) is 2.37. The second-order valence-corrected chi connectivity index (χ2v) is 6.89. The Morgan fingerprint density at radius 2 is 2.26 bits per heavy atom. The summed E-state index contributed by atoms with van der Waals surface area (Å²) < 4.78 is 22.4. The Morgan fingerprint density at radius 1 is 1.41 bits per heavy atom. The van der Waals surface area contributed by atoms with Crippen LogP contribution < -0.4 is 10.5 Å². The molecule has 0 saturated heterocycles. The maximum atomic E-state index is 14.9. The highest BCUT2D eigenvalue weighted by molar-refractivity contribution is 5.83. The second kappa shape index (κ2) is 5.54. The van der Waals surface area contributed by atoms with Crippen LogP contribution >= 0.6 is 0 Å². The van der Waals surface area contributed by atoms with Gasteiger partial charge >= 0.3 is 0 Å². The van der Waals surface area contributed by atoms with Crippen molar-refractivity contribution >= 4 is 22.3 Å². The van der Waals surface area contributed by atoms with Gasteiger partial charge in [-0.3, -0.25) is 4.79 Å². The number of carbonyl (C=O) groups excluding carboxylic acids is 1. The number of fused-ring (bicyclic) bond motifs is 4. The van der Waals surface area contributed by atoms with Crippen molar-refractivity contribution in [3.63, 3.8) is 0 Å². The van der Waals surface area contributed by atoms with E-state index in [-0.39, 0.29) is 23.5 Å². The summed E-state index contributed by atoms with van der Waals surface area (Å²) in [6.45, 7) is 1.87. The molecule has 7 nitrogen and oxygen atoms in total. The molecule has 0 spiro atoms. The average Bonchev–Trinajstić information content (AvgIpc) is 3.29. The Hall–Kier alpha value is -3.42. The van der Waals surface area contributed by atoms with E-state index < -0.39 is 5.82 Å². The van der Waals surface area contributed by atoms with Crippen molar-refractivity contribution in [2.45, 2.75) is 19.8 Å². The molecule has 1 aromatic carbocycles. The standard InChI is InChI=1S/C19H16FN5O2/c1-9-4-13-14(24-9)2-3-15(16(13)20)27-19-17-12-6-10(18(21)26)5-11(12)7-25(17)23-8-22-19/h2-4,7-8,10,24H,5-6H2,1H3,(H2,21,26). The lowest BCUT2D eigenvalue weighted by atomic mass is 10.1. The smallest absolute Gasteiger partial charge is 0.247 e. The van der Waals surface area contributed by atoms with Crippen LogP contribution in [-0.4, -0.2) is 25.5 Å². The van der Waals surface area contributed by atoms with E-state index >= 15 is 0 Å². The van der Waals surface area contributed by atoms with Crippen LogP contribution in [0.1, 0.15) is 16.8 Å². The topological polar surface area (TPSA) is 98.3 Å². The Morgan fingerprint density at radius 3 is 3.07 bits per heavy atom. The van der Waals surface area contributed by atoms with Crippen molar-refractivity contribution in [3.05, 3.63) is 53.4 Å². The summed E-state index contributed by atoms with van der Waals surface area (Å²) in [6, 6.07) is 5.08. The Kier molecular flexibility index (Phi) is 3.24. The number of H-pyrrole nitrogens is 1. The quantitative estimate of drug-likeness (QED) is 0.583. The Bertz CT molecular complexity index is 1230. The third-order valence-electron chi connectivity index (χ3n) is 5.10. The van der Waals surface area contributed by atoms with Crippen molar-refractivity contribution in [2.75, 3.05) is 0 Å². The maximum absolute atomic E-state index is 14.9. The summed E-state index contributed by atoms with van der Waals surface area (Å²) in [5.74, 6) is -0.692. The number of amides is 1. The number of primary amides is 1. The molecule has 1 atom stereocenters.